The largest absolute Gasteiger partial charge is 0.285 e. The molecule has 0 unspecified atom stereocenters. The van der Waals surface area contributed by atoms with Gasteiger partial charge < -0.3 is 0 Å². The zero-order valence-electron chi connectivity index (χ0n) is 6.31. The van der Waals surface area contributed by atoms with Crippen LogP contribution in [0.15, 0.2) is 17.1 Å². The Balaban J connectivity index is 2.41. The number of nitrogens with one attached hydrogen (secondary N) is 2. The summed E-state index contributed by atoms with van der Waals surface area (Å²) >= 11 is 0. The van der Waals surface area contributed by atoms with Crippen molar-refractivity contribution in [1.82, 2.24) is 16.1 Å². The number of hydrogen-bond donors (Lipinski definition) is 3. The third kappa shape index (κ3) is 3.83. The van der Waals surface area contributed by atoms with Crippen molar-refractivity contribution in [3.63, 3.8) is 0 Å². The van der Waals surface area contributed by atoms with Crippen LogP contribution in [0.3, 0.4) is 0 Å². The molecule has 1 aliphatic heterocycles. The number of hydrazone groups is 1. The van der Waals surface area contributed by atoms with E-state index in [1.807, 2.05) is 5.43 Å². The first kappa shape index (κ1) is 9.89. The van der Waals surface area contributed by atoms with Gasteiger partial charge in [0.25, 0.3) is 10.1 Å². The van der Waals surface area contributed by atoms with Crippen molar-refractivity contribution in [2.75, 3.05) is 5.88 Å². The van der Waals surface area contributed by atoms with Gasteiger partial charge in [-0.05, 0) is 0 Å². The summed E-state index contributed by atoms with van der Waals surface area (Å²) in [5.74, 6) is -1.46. The topological polar surface area (TPSA) is 94.0 Å². The van der Waals surface area contributed by atoms with Gasteiger partial charge in [-0.15, -0.1) is 10.3 Å². The molecule has 9 heteroatoms. The molecule has 1 rings (SSSR count). The monoisotopic (exact) mass is 210 g/mol. The Labute approximate surface area is 73.6 Å². The summed E-state index contributed by atoms with van der Waals surface area (Å²) in [5.41, 5.74) is 4.13. The second-order valence-corrected chi connectivity index (χ2v) is 3.54. The van der Waals surface area contributed by atoms with E-state index in [1.54, 1.807) is 0 Å². The molecule has 0 aliphatic carbocycles. The zero-order chi connectivity index (χ0) is 9.90. The van der Waals surface area contributed by atoms with E-state index in [1.165, 1.54) is 0 Å². The van der Waals surface area contributed by atoms with Gasteiger partial charge in [-0.1, -0.05) is 0 Å². The maximum atomic E-state index is 12.4. The molecule has 74 valence electrons. The van der Waals surface area contributed by atoms with E-state index < -0.39 is 21.9 Å². The molecule has 13 heavy (non-hydrogen) atoms. The normalized spacial score (nSPS) is 16.8. The van der Waals surface area contributed by atoms with E-state index in [9.17, 15) is 12.8 Å². The lowest BCUT2D eigenvalue weighted by molar-refractivity contribution is 0.130. The van der Waals surface area contributed by atoms with E-state index in [0.29, 0.717) is 0 Å². The highest BCUT2D eigenvalue weighted by Gasteiger charge is 2.09. The van der Waals surface area contributed by atoms with E-state index in [4.69, 9.17) is 4.55 Å². The quantitative estimate of drug-likeness (QED) is 0.406. The molecular weight excluding hydrogens is 203 g/mol. The smallest absolute Gasteiger partial charge is 0.279 e. The van der Waals surface area contributed by atoms with Crippen molar-refractivity contribution in [2.45, 2.75) is 0 Å². The fraction of sp³-hybridized carbons (Fsp3) is 0.250. The van der Waals surface area contributed by atoms with Gasteiger partial charge in [0.15, 0.2) is 0 Å². The summed E-state index contributed by atoms with van der Waals surface area (Å²) in [7, 11) is -4.15. The minimum atomic E-state index is -4.15. The molecule has 0 saturated heterocycles. The second-order valence-electron chi connectivity index (χ2n) is 2.09. The van der Waals surface area contributed by atoms with E-state index >= 15 is 0 Å². The number of nitrogens with zero attached hydrogens (tertiary/aromatic N) is 2. The molecule has 0 spiro atoms. The third-order valence-corrected chi connectivity index (χ3v) is 1.51. The number of hydrazine groups is 2. The van der Waals surface area contributed by atoms with Gasteiger partial charge in [-0.25, -0.2) is 5.43 Å². The van der Waals surface area contributed by atoms with Crippen LogP contribution in [0.2, 0.25) is 0 Å². The SMILES string of the molecule is O=S(=O)(O)CNN1N=CC=C(F)N1. The van der Waals surface area contributed by atoms with E-state index in [-0.39, 0.29) is 0 Å². The van der Waals surface area contributed by atoms with Crippen molar-refractivity contribution in [3.8, 4) is 0 Å². The van der Waals surface area contributed by atoms with Gasteiger partial charge >= 0.3 is 0 Å². The molecular formula is C4H7FN4O3S. The molecule has 0 radical (unpaired) electrons. The van der Waals surface area contributed by atoms with E-state index in [2.05, 4.69) is 10.5 Å². The average Bonchev–Trinajstić information content (AvgIpc) is 2.00. The third-order valence-electron chi connectivity index (χ3n) is 1.01. The maximum Gasteiger partial charge on any atom is 0.279 e. The Morgan fingerprint density at radius 1 is 1.77 bits per heavy atom. The van der Waals surface area contributed by atoms with Crippen LogP contribution in [-0.4, -0.2) is 30.3 Å². The van der Waals surface area contributed by atoms with Crippen LogP contribution >= 0.6 is 0 Å². The number of rotatable bonds is 3. The second kappa shape index (κ2) is 3.68. The summed E-state index contributed by atoms with van der Waals surface area (Å²) in [6.07, 6.45) is 2.16. The molecule has 0 fully saturated rings. The van der Waals surface area contributed by atoms with Crippen molar-refractivity contribution in [1.29, 1.82) is 0 Å². The minimum absolute atomic E-state index is 0.696. The minimum Gasteiger partial charge on any atom is -0.285 e. The first-order valence-electron chi connectivity index (χ1n) is 3.12. The van der Waals surface area contributed by atoms with Gasteiger partial charge in [0.2, 0.25) is 5.95 Å². The lowest BCUT2D eigenvalue weighted by atomic mass is 10.6. The van der Waals surface area contributed by atoms with Crippen LogP contribution in [-0.2, 0) is 10.1 Å². The molecule has 0 saturated carbocycles. The molecule has 0 bridgehead atoms. The zero-order valence-corrected chi connectivity index (χ0v) is 7.12. The summed E-state index contributed by atoms with van der Waals surface area (Å²) in [6, 6.07) is 0. The summed E-state index contributed by atoms with van der Waals surface area (Å²) in [5, 5.41) is 4.20. The molecule has 3 N–H and O–H groups in total. The van der Waals surface area contributed by atoms with Crippen molar-refractivity contribution in [3.05, 3.63) is 12.0 Å². The summed E-state index contributed by atoms with van der Waals surface area (Å²) in [6.45, 7) is 0. The van der Waals surface area contributed by atoms with Crippen molar-refractivity contribution < 1.29 is 17.4 Å². The fourth-order valence-corrected chi connectivity index (χ4v) is 0.841. The predicted octanol–water partition coefficient (Wildman–Crippen LogP) is -1.05. The Morgan fingerprint density at radius 2 is 2.46 bits per heavy atom. The van der Waals surface area contributed by atoms with Gasteiger partial charge in [-0.2, -0.15) is 18.2 Å². The van der Waals surface area contributed by atoms with Crippen LogP contribution in [0, 0.1) is 0 Å². The van der Waals surface area contributed by atoms with Crippen LogP contribution in [0.4, 0.5) is 4.39 Å². The molecule has 0 aromatic carbocycles. The van der Waals surface area contributed by atoms with Gasteiger partial charge in [0.05, 0.1) is 6.21 Å². The van der Waals surface area contributed by atoms with Crippen LogP contribution < -0.4 is 10.9 Å². The fourth-order valence-electron chi connectivity index (χ4n) is 0.556. The average molecular weight is 210 g/mol. The van der Waals surface area contributed by atoms with Gasteiger partial charge in [-0.3, -0.25) is 4.55 Å². The standard InChI is InChI=1S/C4H7FN4O3S/c5-4-1-2-6-9(8-4)7-3-13(10,11)12/h1-2,7-8H,3H2,(H,10,11,12). The molecule has 0 aromatic heterocycles. The maximum absolute atomic E-state index is 12.4. The molecule has 7 nitrogen and oxygen atoms in total. The van der Waals surface area contributed by atoms with Crippen LogP contribution in [0.1, 0.15) is 0 Å². The van der Waals surface area contributed by atoms with Crippen molar-refractivity contribution >= 4 is 16.3 Å². The van der Waals surface area contributed by atoms with Crippen LogP contribution in [0.25, 0.3) is 0 Å². The Bertz CT molecular complexity index is 337. The van der Waals surface area contributed by atoms with E-state index in [0.717, 1.165) is 17.5 Å². The number of hydrogen-bond acceptors (Lipinski definition) is 6. The Morgan fingerprint density at radius 3 is 3.00 bits per heavy atom. The molecule has 0 aromatic rings. The van der Waals surface area contributed by atoms with Crippen LogP contribution in [0.5, 0.6) is 0 Å². The molecule has 1 aliphatic rings. The predicted molar refractivity (Wildman–Crippen MR) is 42.2 cm³/mol. The van der Waals surface area contributed by atoms with Gasteiger partial charge in [0, 0.05) is 6.08 Å². The highest BCUT2D eigenvalue weighted by Crippen LogP contribution is 1.95. The number of allylic oxidation sites excluding steroid dienone is 1. The Kier molecular flexibility index (Phi) is 2.80. The molecule has 0 amide bonds. The summed E-state index contributed by atoms with van der Waals surface area (Å²) < 4.78 is 41.2. The molecule has 0 atom stereocenters. The first-order chi connectivity index (χ1) is 5.97. The lowest BCUT2D eigenvalue weighted by Crippen LogP contribution is -2.46. The Hall–Kier alpha value is -1.19. The molecule has 1 heterocycles. The highest BCUT2D eigenvalue weighted by molar-refractivity contribution is 7.85. The first-order valence-corrected chi connectivity index (χ1v) is 4.73. The van der Waals surface area contributed by atoms with Gasteiger partial charge in [0.1, 0.15) is 5.88 Å². The number of halogens is 1. The lowest BCUT2D eigenvalue weighted by Gasteiger charge is -2.20. The summed E-state index contributed by atoms with van der Waals surface area (Å²) in [4.78, 5) is 0. The van der Waals surface area contributed by atoms with Crippen molar-refractivity contribution in [2.24, 2.45) is 5.10 Å². The highest BCUT2D eigenvalue weighted by atomic mass is 32.2.